The number of aryl methyl sites for hydroxylation is 1. The van der Waals surface area contributed by atoms with Crippen LogP contribution < -0.4 is 4.74 Å². The molecule has 0 amide bonds. The van der Waals surface area contributed by atoms with Crippen LogP contribution in [0.1, 0.15) is 19.2 Å². The summed E-state index contributed by atoms with van der Waals surface area (Å²) in [5.41, 5.74) is 0.00439. The first-order valence-corrected chi connectivity index (χ1v) is 6.42. The van der Waals surface area contributed by atoms with Gasteiger partial charge in [0.1, 0.15) is 16.7 Å². The number of nitro groups is 1. The normalized spacial score (nSPS) is 10.3. The summed E-state index contributed by atoms with van der Waals surface area (Å²) >= 11 is 5.90. The van der Waals surface area contributed by atoms with Gasteiger partial charge in [0.15, 0.2) is 0 Å². The first kappa shape index (κ1) is 14.2. The van der Waals surface area contributed by atoms with Gasteiger partial charge in [-0.3, -0.25) is 10.1 Å². The molecular weight excluding hydrogens is 282 g/mol. The Balaban J connectivity index is 2.18. The molecular formula is C13H12ClN3O3. The summed E-state index contributed by atoms with van der Waals surface area (Å²) in [6, 6.07) is 7.25. The van der Waals surface area contributed by atoms with Crippen molar-refractivity contribution >= 4 is 17.3 Å². The highest BCUT2D eigenvalue weighted by Crippen LogP contribution is 2.24. The quantitative estimate of drug-likeness (QED) is 0.476. The van der Waals surface area contributed by atoms with Gasteiger partial charge in [-0.1, -0.05) is 18.5 Å². The highest BCUT2D eigenvalue weighted by molar-refractivity contribution is 6.29. The van der Waals surface area contributed by atoms with E-state index in [4.69, 9.17) is 16.3 Å². The van der Waals surface area contributed by atoms with Crippen LogP contribution in [0.4, 0.5) is 5.69 Å². The molecule has 1 heterocycles. The lowest BCUT2D eigenvalue weighted by molar-refractivity contribution is -0.384. The van der Waals surface area contributed by atoms with Crippen LogP contribution >= 0.6 is 11.6 Å². The van der Waals surface area contributed by atoms with Crippen molar-refractivity contribution in [2.24, 2.45) is 0 Å². The Hall–Kier alpha value is -2.21. The van der Waals surface area contributed by atoms with E-state index in [0.29, 0.717) is 29.0 Å². The summed E-state index contributed by atoms with van der Waals surface area (Å²) in [6.45, 7) is 2.02. The van der Waals surface area contributed by atoms with Crippen molar-refractivity contribution in [1.82, 2.24) is 9.97 Å². The Morgan fingerprint density at radius 1 is 1.30 bits per heavy atom. The minimum Gasteiger partial charge on any atom is -0.439 e. The largest absolute Gasteiger partial charge is 0.439 e. The topological polar surface area (TPSA) is 78.2 Å². The Kier molecular flexibility index (Phi) is 4.47. The van der Waals surface area contributed by atoms with Crippen molar-refractivity contribution < 1.29 is 9.66 Å². The standard InChI is InChI=1S/C13H12ClN3O3/c1-2-3-12-15-11(14)8-13(16-12)20-10-6-4-9(5-7-10)17(18)19/h4-8H,2-3H2,1H3. The molecule has 0 radical (unpaired) electrons. The zero-order valence-corrected chi connectivity index (χ0v) is 11.5. The molecule has 0 saturated heterocycles. The van der Waals surface area contributed by atoms with E-state index in [1.807, 2.05) is 6.92 Å². The van der Waals surface area contributed by atoms with E-state index in [-0.39, 0.29) is 5.69 Å². The van der Waals surface area contributed by atoms with Gasteiger partial charge in [0, 0.05) is 24.6 Å². The summed E-state index contributed by atoms with van der Waals surface area (Å²) in [7, 11) is 0. The van der Waals surface area contributed by atoms with Crippen LogP contribution in [-0.2, 0) is 6.42 Å². The molecule has 2 aromatic rings. The number of ether oxygens (including phenoxy) is 1. The van der Waals surface area contributed by atoms with Crippen LogP contribution in [-0.4, -0.2) is 14.9 Å². The maximum atomic E-state index is 10.6. The fourth-order valence-electron chi connectivity index (χ4n) is 1.59. The number of halogens is 1. The maximum Gasteiger partial charge on any atom is 0.269 e. The fourth-order valence-corrected chi connectivity index (χ4v) is 1.78. The SMILES string of the molecule is CCCc1nc(Cl)cc(Oc2ccc([N+](=O)[O-])cc2)n1. The molecule has 0 fully saturated rings. The van der Waals surface area contributed by atoms with Gasteiger partial charge in [-0.15, -0.1) is 0 Å². The van der Waals surface area contributed by atoms with Crippen molar-refractivity contribution in [3.05, 3.63) is 51.4 Å². The van der Waals surface area contributed by atoms with E-state index >= 15 is 0 Å². The number of nitrogens with zero attached hydrogens (tertiary/aromatic N) is 3. The van der Waals surface area contributed by atoms with Gasteiger partial charge >= 0.3 is 0 Å². The van der Waals surface area contributed by atoms with Crippen molar-refractivity contribution in [2.75, 3.05) is 0 Å². The monoisotopic (exact) mass is 293 g/mol. The Labute approximate surface area is 120 Å². The van der Waals surface area contributed by atoms with Crippen molar-refractivity contribution in [1.29, 1.82) is 0 Å². The summed E-state index contributed by atoms with van der Waals surface area (Å²) in [5.74, 6) is 1.38. The van der Waals surface area contributed by atoms with E-state index in [1.165, 1.54) is 30.3 Å². The Bertz CT molecular complexity index is 617. The van der Waals surface area contributed by atoms with E-state index in [1.54, 1.807) is 0 Å². The van der Waals surface area contributed by atoms with Gasteiger partial charge in [0.25, 0.3) is 5.69 Å². The molecule has 0 atom stereocenters. The summed E-state index contributed by atoms with van der Waals surface area (Å²) < 4.78 is 5.52. The molecule has 1 aromatic carbocycles. The maximum absolute atomic E-state index is 10.6. The molecule has 0 spiro atoms. The van der Waals surface area contributed by atoms with E-state index < -0.39 is 4.92 Å². The molecule has 1 aromatic heterocycles. The predicted octanol–water partition coefficient (Wildman–Crippen LogP) is 3.78. The molecule has 7 heteroatoms. The smallest absolute Gasteiger partial charge is 0.269 e. The van der Waals surface area contributed by atoms with Crippen LogP contribution in [0.25, 0.3) is 0 Å². The van der Waals surface area contributed by atoms with Gasteiger partial charge in [-0.05, 0) is 18.6 Å². The van der Waals surface area contributed by atoms with Gasteiger partial charge < -0.3 is 4.74 Å². The molecule has 20 heavy (non-hydrogen) atoms. The molecule has 0 aliphatic heterocycles. The molecule has 0 aliphatic carbocycles. The second kappa shape index (κ2) is 6.29. The van der Waals surface area contributed by atoms with Crippen LogP contribution in [0.5, 0.6) is 11.6 Å². The lowest BCUT2D eigenvalue weighted by Gasteiger charge is -2.06. The average Bonchev–Trinajstić information content (AvgIpc) is 2.39. The summed E-state index contributed by atoms with van der Waals surface area (Å²) in [4.78, 5) is 18.4. The number of benzene rings is 1. The second-order valence-electron chi connectivity index (χ2n) is 4.05. The van der Waals surface area contributed by atoms with Crippen LogP contribution in [0.15, 0.2) is 30.3 Å². The van der Waals surface area contributed by atoms with Crippen LogP contribution in [0, 0.1) is 10.1 Å². The minimum absolute atomic E-state index is 0.00439. The van der Waals surface area contributed by atoms with Crippen molar-refractivity contribution in [2.45, 2.75) is 19.8 Å². The number of non-ortho nitro benzene ring substituents is 1. The third-order valence-electron chi connectivity index (χ3n) is 2.46. The van der Waals surface area contributed by atoms with Crippen molar-refractivity contribution in [3.63, 3.8) is 0 Å². The number of hydrogen-bond acceptors (Lipinski definition) is 5. The molecule has 0 aliphatic rings. The number of rotatable bonds is 5. The molecule has 2 rings (SSSR count). The number of aromatic nitrogens is 2. The van der Waals surface area contributed by atoms with E-state index in [9.17, 15) is 10.1 Å². The zero-order valence-electron chi connectivity index (χ0n) is 10.7. The average molecular weight is 294 g/mol. The van der Waals surface area contributed by atoms with Crippen LogP contribution in [0.2, 0.25) is 5.15 Å². The molecule has 0 unspecified atom stereocenters. The molecule has 0 bridgehead atoms. The number of hydrogen-bond donors (Lipinski definition) is 0. The fraction of sp³-hybridized carbons (Fsp3) is 0.231. The van der Waals surface area contributed by atoms with Crippen molar-refractivity contribution in [3.8, 4) is 11.6 Å². The molecule has 0 saturated carbocycles. The third-order valence-corrected chi connectivity index (χ3v) is 2.65. The summed E-state index contributed by atoms with van der Waals surface area (Å²) in [6.07, 6.45) is 1.61. The van der Waals surface area contributed by atoms with Gasteiger partial charge in [0.2, 0.25) is 5.88 Å². The zero-order chi connectivity index (χ0) is 14.5. The van der Waals surface area contributed by atoms with Crippen LogP contribution in [0.3, 0.4) is 0 Å². The predicted molar refractivity (Wildman–Crippen MR) is 74.2 cm³/mol. The van der Waals surface area contributed by atoms with Gasteiger partial charge in [-0.2, -0.15) is 4.98 Å². The molecule has 104 valence electrons. The van der Waals surface area contributed by atoms with Gasteiger partial charge in [-0.25, -0.2) is 4.98 Å². The molecule has 6 nitrogen and oxygen atoms in total. The highest BCUT2D eigenvalue weighted by atomic mass is 35.5. The lowest BCUT2D eigenvalue weighted by Crippen LogP contribution is -1.97. The lowest BCUT2D eigenvalue weighted by atomic mass is 10.3. The molecule has 0 N–H and O–H groups in total. The first-order chi connectivity index (χ1) is 9.58. The van der Waals surface area contributed by atoms with Gasteiger partial charge in [0.05, 0.1) is 4.92 Å². The highest BCUT2D eigenvalue weighted by Gasteiger charge is 2.07. The van der Waals surface area contributed by atoms with E-state index in [0.717, 1.165) is 6.42 Å². The first-order valence-electron chi connectivity index (χ1n) is 6.04. The third kappa shape index (κ3) is 3.64. The Morgan fingerprint density at radius 2 is 2.00 bits per heavy atom. The second-order valence-corrected chi connectivity index (χ2v) is 4.44. The summed E-state index contributed by atoms with van der Waals surface area (Å²) in [5, 5.41) is 10.9. The minimum atomic E-state index is -0.468. The number of nitro benzene ring substituents is 1. The van der Waals surface area contributed by atoms with E-state index in [2.05, 4.69) is 9.97 Å². The Morgan fingerprint density at radius 3 is 2.60 bits per heavy atom.